The Morgan fingerprint density at radius 2 is 1.22 bits per heavy atom. The second-order valence-electron chi connectivity index (χ2n) is 8.61. The number of aromatic nitrogens is 6. The van der Waals surface area contributed by atoms with Crippen LogP contribution in [0.2, 0.25) is 0 Å². The largest absolute Gasteiger partial charge is 0.369 e. The Balaban J connectivity index is 1.36. The third-order valence-electron chi connectivity index (χ3n) is 6.47. The number of hydrogen-bond acceptors (Lipinski definition) is 6. The summed E-state index contributed by atoms with van der Waals surface area (Å²) in [5, 5.41) is 5.99. The maximum Gasteiger partial charge on any atom is 0.267 e. The average Bonchev–Trinajstić information content (AvgIpc) is 3.60. The molecule has 14 heteroatoms. The van der Waals surface area contributed by atoms with E-state index >= 15 is 0 Å². The summed E-state index contributed by atoms with van der Waals surface area (Å²) in [4.78, 5) is 46.5. The second kappa shape index (κ2) is 8.41. The lowest BCUT2D eigenvalue weighted by atomic mass is 9.66. The minimum Gasteiger partial charge on any atom is -0.369 e. The number of anilines is 2. The van der Waals surface area contributed by atoms with Gasteiger partial charge in [0, 0.05) is 46.3 Å². The van der Waals surface area contributed by atoms with Crippen LogP contribution in [0.15, 0.2) is 33.5 Å². The van der Waals surface area contributed by atoms with E-state index in [0.717, 1.165) is 20.1 Å². The van der Waals surface area contributed by atoms with Gasteiger partial charge in [0.1, 0.15) is 11.4 Å². The van der Waals surface area contributed by atoms with Crippen LogP contribution >= 0.6 is 31.9 Å². The minimum absolute atomic E-state index is 0.148. The number of aromatic amines is 4. The molecule has 4 heterocycles. The Labute approximate surface area is 219 Å². The van der Waals surface area contributed by atoms with Crippen LogP contribution in [0.25, 0.3) is 22.1 Å². The van der Waals surface area contributed by atoms with E-state index in [1.165, 1.54) is 0 Å². The number of carbonyl (C=O) groups is 2. The van der Waals surface area contributed by atoms with Crippen LogP contribution in [-0.2, 0) is 0 Å². The van der Waals surface area contributed by atoms with E-state index in [9.17, 15) is 9.59 Å². The molecule has 0 unspecified atom stereocenters. The molecule has 1 aliphatic rings. The van der Waals surface area contributed by atoms with Gasteiger partial charge in [-0.3, -0.25) is 9.59 Å². The molecule has 1 aromatic carbocycles. The smallest absolute Gasteiger partial charge is 0.267 e. The highest BCUT2D eigenvalue weighted by Gasteiger charge is 2.43. The summed E-state index contributed by atoms with van der Waals surface area (Å²) in [6.45, 7) is 0.647. The number of benzene rings is 1. The lowest BCUT2D eigenvalue weighted by Gasteiger charge is -2.40. The molecule has 0 spiro atoms. The highest BCUT2D eigenvalue weighted by molar-refractivity contribution is 9.10. The van der Waals surface area contributed by atoms with Crippen molar-refractivity contribution in [1.82, 2.24) is 40.5 Å². The number of H-pyrrole nitrogens is 4. The van der Waals surface area contributed by atoms with Gasteiger partial charge in [0.05, 0.1) is 22.1 Å². The molecule has 2 amide bonds. The topological polar surface area (TPSA) is 199 Å². The van der Waals surface area contributed by atoms with Crippen molar-refractivity contribution >= 4 is 77.6 Å². The summed E-state index contributed by atoms with van der Waals surface area (Å²) in [5.74, 6) is -0.245. The lowest BCUT2D eigenvalue weighted by Crippen LogP contribution is -2.42. The number of amides is 2. The van der Waals surface area contributed by atoms with Gasteiger partial charge in [0.2, 0.25) is 0 Å². The normalized spacial score (nSPS) is 16.7. The van der Waals surface area contributed by atoms with Crippen molar-refractivity contribution in [1.29, 1.82) is 0 Å². The second-order valence-corrected chi connectivity index (χ2v) is 10.4. The van der Waals surface area contributed by atoms with E-state index in [4.69, 9.17) is 11.5 Å². The number of halogens is 2. The molecule has 12 nitrogen and oxygen atoms in total. The molecule has 0 saturated heterocycles. The predicted octanol–water partition coefficient (Wildman–Crippen LogP) is 2.83. The van der Waals surface area contributed by atoms with Gasteiger partial charge in [-0.2, -0.15) is 0 Å². The SMILES string of the molecule is Nc1nc2c3c(c4nc(N)[nH]c4c2[nH]1)[C@@H](CNC(=O)c1cc(Br)c[nH]1)[C@@H]3CNC(=O)c1cc(Br)c[nH]1. The number of imidazole rings is 2. The molecule has 184 valence electrons. The molecule has 0 radical (unpaired) electrons. The molecule has 0 saturated carbocycles. The van der Waals surface area contributed by atoms with E-state index in [1.807, 2.05) is 0 Å². The number of fused-ring (bicyclic) bond motifs is 6. The molecule has 5 aromatic rings. The predicted molar refractivity (Wildman–Crippen MR) is 142 cm³/mol. The first-order valence-electron chi connectivity index (χ1n) is 11.0. The first-order valence-corrected chi connectivity index (χ1v) is 12.6. The van der Waals surface area contributed by atoms with Crippen LogP contribution in [0.4, 0.5) is 11.9 Å². The van der Waals surface area contributed by atoms with Gasteiger partial charge >= 0.3 is 0 Å². The first-order chi connectivity index (χ1) is 17.3. The Morgan fingerprint density at radius 1 is 0.806 bits per heavy atom. The van der Waals surface area contributed by atoms with E-state index < -0.39 is 0 Å². The van der Waals surface area contributed by atoms with Gasteiger partial charge in [0.25, 0.3) is 11.8 Å². The number of carbonyl (C=O) groups excluding carboxylic acids is 2. The summed E-state index contributed by atoms with van der Waals surface area (Å²) in [6, 6.07) is 3.41. The van der Waals surface area contributed by atoms with Crippen molar-refractivity contribution < 1.29 is 9.59 Å². The van der Waals surface area contributed by atoms with Crippen molar-refractivity contribution in [2.24, 2.45) is 0 Å². The van der Waals surface area contributed by atoms with Gasteiger partial charge < -0.3 is 42.0 Å². The first kappa shape index (κ1) is 22.7. The fourth-order valence-corrected chi connectivity index (χ4v) is 5.62. The lowest BCUT2D eigenvalue weighted by molar-refractivity contribution is 0.0927. The summed E-state index contributed by atoms with van der Waals surface area (Å²) in [7, 11) is 0. The van der Waals surface area contributed by atoms with Crippen LogP contribution in [0.3, 0.4) is 0 Å². The fourth-order valence-electron chi connectivity index (χ4n) is 4.93. The zero-order valence-electron chi connectivity index (χ0n) is 18.5. The minimum atomic E-state index is -0.240. The van der Waals surface area contributed by atoms with Crippen molar-refractivity contribution in [3.63, 3.8) is 0 Å². The van der Waals surface area contributed by atoms with Crippen LogP contribution in [0.5, 0.6) is 0 Å². The summed E-state index contributed by atoms with van der Waals surface area (Å²) in [5.41, 5.74) is 17.5. The quantitative estimate of drug-likeness (QED) is 0.144. The number of nitrogens with two attached hydrogens (primary N) is 2. The summed E-state index contributed by atoms with van der Waals surface area (Å²) in [6.07, 6.45) is 3.39. The zero-order chi connectivity index (χ0) is 25.1. The van der Waals surface area contributed by atoms with Crippen molar-refractivity contribution in [2.75, 3.05) is 24.6 Å². The van der Waals surface area contributed by atoms with Crippen LogP contribution < -0.4 is 22.1 Å². The van der Waals surface area contributed by atoms with Gasteiger partial charge in [-0.1, -0.05) is 0 Å². The molecule has 4 aromatic heterocycles. The Hall–Kier alpha value is -3.78. The number of nitrogens with zero attached hydrogens (tertiary/aromatic N) is 2. The number of nitrogens with one attached hydrogen (secondary N) is 6. The molecule has 36 heavy (non-hydrogen) atoms. The van der Waals surface area contributed by atoms with Crippen LogP contribution in [0.1, 0.15) is 43.9 Å². The van der Waals surface area contributed by atoms with Gasteiger partial charge in [-0.25, -0.2) is 9.97 Å². The van der Waals surface area contributed by atoms with Gasteiger partial charge in [0.15, 0.2) is 11.9 Å². The molecular weight excluding hydrogens is 596 g/mol. The van der Waals surface area contributed by atoms with E-state index in [0.29, 0.717) is 46.5 Å². The number of hydrogen-bond donors (Lipinski definition) is 8. The maximum atomic E-state index is 12.7. The molecular formula is C22H20Br2N10O2. The molecule has 10 N–H and O–H groups in total. The van der Waals surface area contributed by atoms with E-state index in [1.54, 1.807) is 24.5 Å². The molecule has 0 aliphatic heterocycles. The Bertz CT molecular complexity index is 1540. The highest BCUT2D eigenvalue weighted by Crippen LogP contribution is 2.52. The van der Waals surface area contributed by atoms with Gasteiger partial charge in [-0.05, 0) is 55.1 Å². The monoisotopic (exact) mass is 614 g/mol. The van der Waals surface area contributed by atoms with Crippen LogP contribution in [-0.4, -0.2) is 54.8 Å². The van der Waals surface area contributed by atoms with Gasteiger partial charge in [-0.15, -0.1) is 0 Å². The molecule has 2 atom stereocenters. The number of rotatable bonds is 6. The summed E-state index contributed by atoms with van der Waals surface area (Å²) < 4.78 is 1.57. The average molecular weight is 616 g/mol. The van der Waals surface area contributed by atoms with Crippen molar-refractivity contribution in [3.8, 4) is 0 Å². The van der Waals surface area contributed by atoms with E-state index in [2.05, 4.69) is 72.4 Å². The third kappa shape index (κ3) is 3.64. The van der Waals surface area contributed by atoms with E-state index in [-0.39, 0.29) is 35.5 Å². The Morgan fingerprint density at radius 3 is 1.58 bits per heavy atom. The molecule has 6 rings (SSSR count). The molecule has 0 fully saturated rings. The van der Waals surface area contributed by atoms with Crippen molar-refractivity contribution in [2.45, 2.75) is 11.8 Å². The maximum absolute atomic E-state index is 12.7. The van der Waals surface area contributed by atoms with Crippen LogP contribution in [0, 0.1) is 0 Å². The summed E-state index contributed by atoms with van der Waals surface area (Å²) >= 11 is 6.69. The van der Waals surface area contributed by atoms with Crippen molar-refractivity contribution in [3.05, 3.63) is 56.0 Å². The molecule has 1 aliphatic carbocycles. The zero-order valence-corrected chi connectivity index (χ0v) is 21.7. The highest BCUT2D eigenvalue weighted by atomic mass is 79.9. The Kier molecular flexibility index (Phi) is 5.30. The third-order valence-corrected chi connectivity index (χ3v) is 7.39. The standard InChI is InChI=1S/C22H20Br2N10O2/c23-7-1-11(27-3-7)19(35)29-5-9-10(6-30-20(36)12-2-8(24)4-28-12)14-13(9)15-17(33-21(25)31-15)18-16(14)32-22(26)34-18/h1-4,9-10,27-28H,5-6H2,(H,29,35)(H,30,36)(H3,25,31,33)(H3,26,32,34)/t9-,10-/m0/s1. The fraction of sp³-hybridized carbons (Fsp3) is 0.182. The molecule has 0 bridgehead atoms. The number of nitrogen functional groups attached to an aromatic ring is 2.